The Morgan fingerprint density at radius 2 is 2.18 bits per heavy atom. The minimum atomic E-state index is -0.604. The van der Waals surface area contributed by atoms with Gasteiger partial charge in [0.05, 0.1) is 6.07 Å². The van der Waals surface area contributed by atoms with Crippen LogP contribution in [0.5, 0.6) is 0 Å². The number of nitrogens with one attached hydrogen (secondary N) is 1. The maximum Gasteiger partial charge on any atom is 0.241 e. The summed E-state index contributed by atoms with van der Waals surface area (Å²) in [6.45, 7) is 3.73. The first kappa shape index (κ1) is 13.6. The Balaban J connectivity index is 2.77. The van der Waals surface area contributed by atoms with Crippen LogP contribution in [0.1, 0.15) is 13.8 Å². The van der Waals surface area contributed by atoms with Crippen LogP contribution in [0.4, 0.5) is 5.69 Å². The highest BCUT2D eigenvalue weighted by Gasteiger charge is 2.21. The van der Waals surface area contributed by atoms with Crippen molar-refractivity contribution >= 4 is 23.4 Å². The molecule has 1 aromatic carbocycles. The molecule has 0 aromatic heterocycles. The molecular weight excluding hydrogens is 232 g/mol. The lowest BCUT2D eigenvalue weighted by Gasteiger charge is -2.13. The van der Waals surface area contributed by atoms with E-state index in [1.165, 1.54) is 0 Å². The summed E-state index contributed by atoms with van der Waals surface area (Å²) in [6, 6.07) is 9.62. The van der Waals surface area contributed by atoms with Gasteiger partial charge in [-0.15, -0.1) is 11.8 Å². The molecule has 1 amide bonds. The normalized spacial score (nSPS) is 11.9. The summed E-state index contributed by atoms with van der Waals surface area (Å²) in [6.07, 6.45) is 1.98. The number of carbonyl (C=O) groups is 1. The number of hydrogen-bond donors (Lipinski definition) is 1. The van der Waals surface area contributed by atoms with Crippen LogP contribution < -0.4 is 5.32 Å². The molecule has 1 rings (SSSR count). The molecule has 0 aliphatic heterocycles. The largest absolute Gasteiger partial charge is 0.325 e. The van der Waals surface area contributed by atoms with Crippen molar-refractivity contribution in [1.82, 2.24) is 0 Å². The number of rotatable bonds is 4. The minimum absolute atomic E-state index is 0.0173. The van der Waals surface area contributed by atoms with Crippen LogP contribution >= 0.6 is 11.8 Å². The Hall–Kier alpha value is -1.47. The van der Waals surface area contributed by atoms with Gasteiger partial charge < -0.3 is 5.32 Å². The number of benzene rings is 1. The molecule has 0 saturated heterocycles. The van der Waals surface area contributed by atoms with Crippen molar-refractivity contribution < 1.29 is 4.79 Å². The van der Waals surface area contributed by atoms with E-state index in [1.807, 2.05) is 50.4 Å². The fourth-order valence-electron chi connectivity index (χ4n) is 1.43. The molecule has 0 aliphatic rings. The minimum Gasteiger partial charge on any atom is -0.325 e. The summed E-state index contributed by atoms with van der Waals surface area (Å²) < 4.78 is 0. The molecule has 17 heavy (non-hydrogen) atoms. The Labute approximate surface area is 106 Å². The van der Waals surface area contributed by atoms with Gasteiger partial charge in [0, 0.05) is 10.6 Å². The van der Waals surface area contributed by atoms with Gasteiger partial charge in [0.1, 0.15) is 5.92 Å². The maximum absolute atomic E-state index is 11.8. The average molecular weight is 248 g/mol. The molecule has 0 saturated carbocycles. The zero-order valence-corrected chi connectivity index (χ0v) is 11.0. The van der Waals surface area contributed by atoms with Crippen molar-refractivity contribution in [3.05, 3.63) is 24.3 Å². The van der Waals surface area contributed by atoms with Crippen molar-refractivity contribution in [1.29, 1.82) is 5.26 Å². The second-order valence-corrected chi connectivity index (χ2v) is 4.95. The van der Waals surface area contributed by atoms with Gasteiger partial charge in [-0.3, -0.25) is 4.79 Å². The number of nitriles is 1. The lowest BCUT2D eigenvalue weighted by Crippen LogP contribution is -2.25. The molecule has 90 valence electrons. The van der Waals surface area contributed by atoms with Crippen LogP contribution in [0.15, 0.2) is 29.2 Å². The molecule has 3 nitrogen and oxygen atoms in total. The van der Waals surface area contributed by atoms with Crippen LogP contribution in [0, 0.1) is 23.2 Å². The van der Waals surface area contributed by atoms with Crippen molar-refractivity contribution in [3.63, 3.8) is 0 Å². The number of amides is 1. The summed E-state index contributed by atoms with van der Waals surface area (Å²) in [5, 5.41) is 11.7. The predicted molar refractivity (Wildman–Crippen MR) is 70.8 cm³/mol. The molecule has 0 radical (unpaired) electrons. The van der Waals surface area contributed by atoms with E-state index in [4.69, 9.17) is 5.26 Å². The van der Waals surface area contributed by atoms with Crippen LogP contribution in [-0.4, -0.2) is 12.2 Å². The highest BCUT2D eigenvalue weighted by Crippen LogP contribution is 2.20. The van der Waals surface area contributed by atoms with Gasteiger partial charge in [0.15, 0.2) is 0 Å². The zero-order chi connectivity index (χ0) is 12.8. The van der Waals surface area contributed by atoms with Crippen molar-refractivity contribution in [2.75, 3.05) is 11.6 Å². The quantitative estimate of drug-likeness (QED) is 0.833. The highest BCUT2D eigenvalue weighted by molar-refractivity contribution is 7.98. The van der Waals surface area contributed by atoms with E-state index in [0.717, 1.165) is 10.6 Å². The summed E-state index contributed by atoms with van der Waals surface area (Å²) in [5.41, 5.74) is 0.739. The molecule has 1 N–H and O–H groups in total. The fraction of sp³-hybridized carbons (Fsp3) is 0.385. The summed E-state index contributed by atoms with van der Waals surface area (Å²) >= 11 is 1.61. The average Bonchev–Trinajstić information content (AvgIpc) is 2.29. The van der Waals surface area contributed by atoms with Crippen molar-refractivity contribution in [3.8, 4) is 6.07 Å². The molecule has 1 aromatic rings. The molecular formula is C13H16N2OS. The smallest absolute Gasteiger partial charge is 0.241 e. The molecule has 0 heterocycles. The number of nitrogens with zero attached hydrogens (tertiary/aromatic N) is 1. The Morgan fingerprint density at radius 3 is 2.71 bits per heavy atom. The standard InChI is InChI=1S/C13H16N2OS/c1-9(2)12(8-14)13(16)15-10-5-4-6-11(7-10)17-3/h4-7,9,12H,1-3H3,(H,15,16). The van der Waals surface area contributed by atoms with Crippen LogP contribution in [0.25, 0.3) is 0 Å². The first-order chi connectivity index (χ1) is 8.08. The van der Waals surface area contributed by atoms with Crippen LogP contribution in [0.3, 0.4) is 0 Å². The number of carbonyl (C=O) groups excluding carboxylic acids is 1. The molecule has 0 spiro atoms. The van der Waals surface area contributed by atoms with Gasteiger partial charge in [-0.25, -0.2) is 0 Å². The zero-order valence-electron chi connectivity index (χ0n) is 10.2. The Bertz CT molecular complexity index is 437. The molecule has 1 atom stereocenters. The molecule has 1 unspecified atom stereocenters. The third-order valence-corrected chi connectivity index (χ3v) is 3.15. The molecule has 0 aliphatic carbocycles. The lowest BCUT2D eigenvalue weighted by atomic mass is 9.96. The van der Waals surface area contributed by atoms with E-state index in [9.17, 15) is 4.79 Å². The third kappa shape index (κ3) is 3.79. The van der Waals surface area contributed by atoms with E-state index in [-0.39, 0.29) is 11.8 Å². The first-order valence-electron chi connectivity index (χ1n) is 5.43. The predicted octanol–water partition coefficient (Wildman–Crippen LogP) is 3.14. The maximum atomic E-state index is 11.8. The van der Waals surface area contributed by atoms with E-state index in [2.05, 4.69) is 5.32 Å². The van der Waals surface area contributed by atoms with E-state index in [0.29, 0.717) is 0 Å². The second-order valence-electron chi connectivity index (χ2n) is 4.07. The van der Waals surface area contributed by atoms with E-state index >= 15 is 0 Å². The van der Waals surface area contributed by atoms with Crippen molar-refractivity contribution in [2.24, 2.45) is 11.8 Å². The number of hydrogen-bond acceptors (Lipinski definition) is 3. The lowest BCUT2D eigenvalue weighted by molar-refractivity contribution is -0.119. The van der Waals surface area contributed by atoms with Gasteiger partial charge in [0.2, 0.25) is 5.91 Å². The molecule has 0 bridgehead atoms. The van der Waals surface area contributed by atoms with Crippen LogP contribution in [0.2, 0.25) is 0 Å². The van der Waals surface area contributed by atoms with Crippen LogP contribution in [-0.2, 0) is 4.79 Å². The summed E-state index contributed by atoms with van der Waals surface area (Å²) in [4.78, 5) is 12.9. The van der Waals surface area contributed by atoms with E-state index in [1.54, 1.807) is 11.8 Å². The first-order valence-corrected chi connectivity index (χ1v) is 6.65. The van der Waals surface area contributed by atoms with Gasteiger partial charge >= 0.3 is 0 Å². The number of anilines is 1. The Kier molecular flexibility index (Phi) is 5.05. The van der Waals surface area contributed by atoms with Gasteiger partial charge in [0.25, 0.3) is 0 Å². The third-order valence-electron chi connectivity index (χ3n) is 2.43. The monoisotopic (exact) mass is 248 g/mol. The Morgan fingerprint density at radius 1 is 1.47 bits per heavy atom. The van der Waals surface area contributed by atoms with Gasteiger partial charge in [-0.1, -0.05) is 19.9 Å². The molecule has 4 heteroatoms. The fourth-order valence-corrected chi connectivity index (χ4v) is 1.89. The van der Waals surface area contributed by atoms with E-state index < -0.39 is 5.92 Å². The highest BCUT2D eigenvalue weighted by atomic mass is 32.2. The van der Waals surface area contributed by atoms with Gasteiger partial charge in [-0.05, 0) is 30.4 Å². The molecule has 0 fully saturated rings. The topological polar surface area (TPSA) is 52.9 Å². The second kappa shape index (κ2) is 6.31. The van der Waals surface area contributed by atoms with Crippen molar-refractivity contribution in [2.45, 2.75) is 18.7 Å². The van der Waals surface area contributed by atoms with Gasteiger partial charge in [-0.2, -0.15) is 5.26 Å². The number of thioether (sulfide) groups is 1. The summed E-state index contributed by atoms with van der Waals surface area (Å²) in [5.74, 6) is -0.822. The SMILES string of the molecule is CSc1cccc(NC(=O)C(C#N)C(C)C)c1. The summed E-state index contributed by atoms with van der Waals surface area (Å²) in [7, 11) is 0.